The fraction of sp³-hybridized carbons (Fsp3) is 0.500. The van der Waals surface area contributed by atoms with Crippen molar-refractivity contribution >= 4 is 15.9 Å². The average molecular weight is 272 g/mol. The third kappa shape index (κ3) is 2.95. The normalized spacial score (nSPS) is 10.8. The quantitative estimate of drug-likeness (QED) is 0.914. The summed E-state index contributed by atoms with van der Waals surface area (Å²) in [6.45, 7) is 4.98. The minimum atomic E-state index is 0.486. The van der Waals surface area contributed by atoms with E-state index >= 15 is 0 Å². The molecule has 2 nitrogen and oxygen atoms in total. The van der Waals surface area contributed by atoms with Crippen molar-refractivity contribution in [2.24, 2.45) is 5.73 Å². The molecule has 0 aromatic heterocycles. The SMILES string of the molecule is COc1cc(C(C)C)c(Br)cc1CCN. The Kier molecular flexibility index (Phi) is 4.61. The van der Waals surface area contributed by atoms with Crippen LogP contribution in [0.5, 0.6) is 5.75 Å². The Balaban J connectivity index is 3.16. The van der Waals surface area contributed by atoms with E-state index in [1.807, 2.05) is 0 Å². The number of benzene rings is 1. The van der Waals surface area contributed by atoms with Crippen LogP contribution in [0.4, 0.5) is 0 Å². The molecule has 0 atom stereocenters. The smallest absolute Gasteiger partial charge is 0.122 e. The van der Waals surface area contributed by atoms with Gasteiger partial charge in [0.05, 0.1) is 7.11 Å². The zero-order valence-electron chi connectivity index (χ0n) is 9.51. The van der Waals surface area contributed by atoms with Crippen LogP contribution in [-0.2, 0) is 6.42 Å². The van der Waals surface area contributed by atoms with Gasteiger partial charge in [-0.2, -0.15) is 0 Å². The number of rotatable bonds is 4. The lowest BCUT2D eigenvalue weighted by Crippen LogP contribution is -2.05. The van der Waals surface area contributed by atoms with Crippen LogP contribution in [0.2, 0.25) is 0 Å². The predicted molar refractivity (Wildman–Crippen MR) is 67.5 cm³/mol. The molecule has 0 aliphatic heterocycles. The van der Waals surface area contributed by atoms with E-state index in [1.54, 1.807) is 7.11 Å². The molecule has 0 aliphatic carbocycles. The number of hydrogen-bond donors (Lipinski definition) is 1. The number of hydrogen-bond acceptors (Lipinski definition) is 2. The van der Waals surface area contributed by atoms with Crippen LogP contribution < -0.4 is 10.5 Å². The Labute approximate surface area is 99.9 Å². The summed E-state index contributed by atoms with van der Waals surface area (Å²) in [5.41, 5.74) is 8.00. The standard InChI is InChI=1S/C12H18BrNO/c1-8(2)10-7-12(15-3)9(4-5-14)6-11(10)13/h6-8H,4-5,14H2,1-3H3. The van der Waals surface area contributed by atoms with Crippen molar-refractivity contribution in [1.29, 1.82) is 0 Å². The Morgan fingerprint density at radius 1 is 1.40 bits per heavy atom. The molecule has 0 spiro atoms. The molecule has 0 saturated carbocycles. The third-order valence-corrected chi connectivity index (χ3v) is 3.12. The fourth-order valence-electron chi connectivity index (χ4n) is 1.59. The van der Waals surface area contributed by atoms with Crippen molar-refractivity contribution in [2.45, 2.75) is 26.2 Å². The highest BCUT2D eigenvalue weighted by Gasteiger charge is 2.10. The molecule has 0 bridgehead atoms. The molecule has 1 rings (SSSR count). The molecule has 2 N–H and O–H groups in total. The molecule has 3 heteroatoms. The Bertz CT molecular complexity index is 337. The van der Waals surface area contributed by atoms with Crippen LogP contribution in [0, 0.1) is 0 Å². The van der Waals surface area contributed by atoms with Gasteiger partial charge in [0, 0.05) is 4.47 Å². The summed E-state index contributed by atoms with van der Waals surface area (Å²) in [5.74, 6) is 1.42. The Morgan fingerprint density at radius 3 is 2.53 bits per heavy atom. The minimum absolute atomic E-state index is 0.486. The van der Waals surface area contributed by atoms with Crippen LogP contribution in [0.25, 0.3) is 0 Å². The molecule has 0 heterocycles. The third-order valence-electron chi connectivity index (χ3n) is 2.44. The van der Waals surface area contributed by atoms with Gasteiger partial charge in [0.15, 0.2) is 0 Å². The zero-order chi connectivity index (χ0) is 11.4. The summed E-state index contributed by atoms with van der Waals surface area (Å²) in [4.78, 5) is 0. The van der Waals surface area contributed by atoms with Gasteiger partial charge in [-0.25, -0.2) is 0 Å². The van der Waals surface area contributed by atoms with E-state index in [0.717, 1.165) is 22.2 Å². The molecule has 0 aliphatic rings. The van der Waals surface area contributed by atoms with Crippen LogP contribution in [0.1, 0.15) is 30.9 Å². The number of nitrogens with two attached hydrogens (primary N) is 1. The summed E-state index contributed by atoms with van der Waals surface area (Å²) in [7, 11) is 1.70. The van der Waals surface area contributed by atoms with Gasteiger partial charge >= 0.3 is 0 Å². The van der Waals surface area contributed by atoms with Crippen LogP contribution in [-0.4, -0.2) is 13.7 Å². The summed E-state index contributed by atoms with van der Waals surface area (Å²) in [6, 6.07) is 4.21. The molecule has 1 aromatic rings. The summed E-state index contributed by atoms with van der Waals surface area (Å²) in [5, 5.41) is 0. The molecule has 0 fully saturated rings. The van der Waals surface area contributed by atoms with Gasteiger partial charge in [-0.1, -0.05) is 29.8 Å². The monoisotopic (exact) mass is 271 g/mol. The first-order valence-electron chi connectivity index (χ1n) is 5.16. The second-order valence-electron chi connectivity index (χ2n) is 3.88. The first-order chi connectivity index (χ1) is 7.10. The highest BCUT2D eigenvalue weighted by molar-refractivity contribution is 9.10. The molecule has 15 heavy (non-hydrogen) atoms. The van der Waals surface area contributed by atoms with Gasteiger partial charge < -0.3 is 10.5 Å². The highest BCUT2D eigenvalue weighted by atomic mass is 79.9. The van der Waals surface area contributed by atoms with Gasteiger partial charge in [-0.05, 0) is 42.1 Å². The van der Waals surface area contributed by atoms with Gasteiger partial charge in [-0.15, -0.1) is 0 Å². The van der Waals surface area contributed by atoms with Gasteiger partial charge in [0.1, 0.15) is 5.75 Å². The maximum absolute atomic E-state index is 5.56. The van der Waals surface area contributed by atoms with E-state index < -0.39 is 0 Å². The van der Waals surface area contributed by atoms with Gasteiger partial charge in [-0.3, -0.25) is 0 Å². The topological polar surface area (TPSA) is 35.2 Å². The maximum atomic E-state index is 5.56. The van der Waals surface area contributed by atoms with E-state index in [2.05, 4.69) is 41.9 Å². The van der Waals surface area contributed by atoms with Crippen molar-refractivity contribution in [3.63, 3.8) is 0 Å². The molecule has 84 valence electrons. The number of methoxy groups -OCH3 is 1. The number of ether oxygens (including phenoxy) is 1. The first-order valence-corrected chi connectivity index (χ1v) is 5.95. The summed E-state index contributed by atoms with van der Waals surface area (Å²) in [6.07, 6.45) is 0.847. The van der Waals surface area contributed by atoms with E-state index in [9.17, 15) is 0 Å². The lowest BCUT2D eigenvalue weighted by molar-refractivity contribution is 0.409. The average Bonchev–Trinajstić information content (AvgIpc) is 2.18. The fourth-order valence-corrected chi connectivity index (χ4v) is 2.44. The first kappa shape index (κ1) is 12.5. The van der Waals surface area contributed by atoms with E-state index in [4.69, 9.17) is 10.5 Å². The largest absolute Gasteiger partial charge is 0.496 e. The van der Waals surface area contributed by atoms with Gasteiger partial charge in [0.25, 0.3) is 0 Å². The maximum Gasteiger partial charge on any atom is 0.122 e. The van der Waals surface area contributed by atoms with Crippen molar-refractivity contribution in [3.8, 4) is 5.75 Å². The molecular weight excluding hydrogens is 254 g/mol. The molecule has 1 aromatic carbocycles. The molecule has 0 amide bonds. The van der Waals surface area contributed by atoms with Crippen molar-refractivity contribution < 1.29 is 4.74 Å². The lowest BCUT2D eigenvalue weighted by Gasteiger charge is -2.14. The second kappa shape index (κ2) is 5.52. The van der Waals surface area contributed by atoms with Crippen LogP contribution in [0.3, 0.4) is 0 Å². The lowest BCUT2D eigenvalue weighted by atomic mass is 10.00. The zero-order valence-corrected chi connectivity index (χ0v) is 11.1. The minimum Gasteiger partial charge on any atom is -0.496 e. The summed E-state index contributed by atoms with van der Waals surface area (Å²) < 4.78 is 6.51. The van der Waals surface area contributed by atoms with Crippen LogP contribution in [0.15, 0.2) is 16.6 Å². The number of halogens is 1. The van der Waals surface area contributed by atoms with Crippen LogP contribution >= 0.6 is 15.9 Å². The molecule has 0 radical (unpaired) electrons. The van der Waals surface area contributed by atoms with Crippen molar-refractivity contribution in [2.75, 3.05) is 13.7 Å². The second-order valence-corrected chi connectivity index (χ2v) is 4.73. The van der Waals surface area contributed by atoms with Crippen molar-refractivity contribution in [3.05, 3.63) is 27.7 Å². The molecule has 0 unspecified atom stereocenters. The Hall–Kier alpha value is -0.540. The summed E-state index contributed by atoms with van der Waals surface area (Å²) >= 11 is 3.58. The Morgan fingerprint density at radius 2 is 2.07 bits per heavy atom. The predicted octanol–water partition coefficient (Wildman–Crippen LogP) is 3.08. The molecular formula is C12H18BrNO. The van der Waals surface area contributed by atoms with Gasteiger partial charge in [0.2, 0.25) is 0 Å². The molecule has 0 saturated heterocycles. The highest BCUT2D eigenvalue weighted by Crippen LogP contribution is 2.32. The van der Waals surface area contributed by atoms with E-state index in [0.29, 0.717) is 12.5 Å². The van der Waals surface area contributed by atoms with E-state index in [-0.39, 0.29) is 0 Å². The van der Waals surface area contributed by atoms with Crippen molar-refractivity contribution in [1.82, 2.24) is 0 Å². The van der Waals surface area contributed by atoms with E-state index in [1.165, 1.54) is 5.56 Å².